The van der Waals surface area contributed by atoms with Gasteiger partial charge >= 0.3 is 0 Å². The Balaban J connectivity index is 1.66. The van der Waals surface area contributed by atoms with Crippen LogP contribution < -0.4 is 15.4 Å². The molecule has 2 aromatic rings. The van der Waals surface area contributed by atoms with Crippen molar-refractivity contribution in [2.45, 2.75) is 32.8 Å². The SMILES string of the molecule is CC(C)COc1cccc(C(=O)Nc2ccccc2C(=O)NCC2CCCO2)c1. The molecule has 29 heavy (non-hydrogen) atoms. The van der Waals surface area contributed by atoms with Crippen LogP contribution >= 0.6 is 0 Å². The highest BCUT2D eigenvalue weighted by atomic mass is 16.5. The lowest BCUT2D eigenvalue weighted by atomic mass is 10.1. The third-order valence-electron chi connectivity index (χ3n) is 4.61. The summed E-state index contributed by atoms with van der Waals surface area (Å²) in [6, 6.07) is 14.0. The second-order valence-corrected chi connectivity index (χ2v) is 7.58. The molecule has 0 spiro atoms. The maximum Gasteiger partial charge on any atom is 0.255 e. The number of para-hydroxylation sites is 1. The molecule has 2 amide bonds. The fourth-order valence-electron chi connectivity index (χ4n) is 3.08. The molecule has 6 nitrogen and oxygen atoms in total. The molecular weight excluding hydrogens is 368 g/mol. The zero-order valence-electron chi connectivity index (χ0n) is 16.9. The van der Waals surface area contributed by atoms with Gasteiger partial charge in [-0.2, -0.15) is 0 Å². The van der Waals surface area contributed by atoms with Gasteiger partial charge in [-0.05, 0) is 49.1 Å². The first kappa shape index (κ1) is 20.9. The number of carbonyl (C=O) groups is 2. The Labute approximate surface area is 171 Å². The smallest absolute Gasteiger partial charge is 0.255 e. The average molecular weight is 396 g/mol. The van der Waals surface area contributed by atoms with Gasteiger partial charge in [-0.25, -0.2) is 0 Å². The summed E-state index contributed by atoms with van der Waals surface area (Å²) in [4.78, 5) is 25.3. The number of hydrogen-bond acceptors (Lipinski definition) is 4. The van der Waals surface area contributed by atoms with Gasteiger partial charge in [-0.3, -0.25) is 9.59 Å². The van der Waals surface area contributed by atoms with Gasteiger partial charge < -0.3 is 20.1 Å². The molecule has 0 aromatic heterocycles. The van der Waals surface area contributed by atoms with Gasteiger partial charge in [0.05, 0.1) is 24.0 Å². The molecule has 1 aliphatic rings. The third-order valence-corrected chi connectivity index (χ3v) is 4.61. The Morgan fingerprint density at radius 2 is 1.97 bits per heavy atom. The molecular formula is C23H28N2O4. The predicted molar refractivity (Wildman–Crippen MR) is 112 cm³/mol. The van der Waals surface area contributed by atoms with Crippen LogP contribution in [0.3, 0.4) is 0 Å². The predicted octanol–water partition coefficient (Wildman–Crippen LogP) is 3.88. The second-order valence-electron chi connectivity index (χ2n) is 7.58. The van der Waals surface area contributed by atoms with Crippen LogP contribution in [0.5, 0.6) is 5.75 Å². The van der Waals surface area contributed by atoms with Crippen molar-refractivity contribution in [1.82, 2.24) is 5.32 Å². The van der Waals surface area contributed by atoms with E-state index in [9.17, 15) is 9.59 Å². The summed E-state index contributed by atoms with van der Waals surface area (Å²) >= 11 is 0. The van der Waals surface area contributed by atoms with Crippen molar-refractivity contribution in [3.63, 3.8) is 0 Å². The highest BCUT2D eigenvalue weighted by Crippen LogP contribution is 2.19. The Kier molecular flexibility index (Phi) is 7.25. The molecule has 1 aliphatic heterocycles. The highest BCUT2D eigenvalue weighted by molar-refractivity contribution is 6.09. The lowest BCUT2D eigenvalue weighted by Crippen LogP contribution is -2.32. The van der Waals surface area contributed by atoms with Gasteiger partial charge in [0, 0.05) is 18.7 Å². The van der Waals surface area contributed by atoms with Crippen LogP contribution in [0.2, 0.25) is 0 Å². The number of hydrogen-bond donors (Lipinski definition) is 2. The van der Waals surface area contributed by atoms with E-state index >= 15 is 0 Å². The van der Waals surface area contributed by atoms with E-state index in [4.69, 9.17) is 9.47 Å². The summed E-state index contributed by atoms with van der Waals surface area (Å²) < 4.78 is 11.2. The van der Waals surface area contributed by atoms with Gasteiger partial charge in [0.15, 0.2) is 0 Å². The molecule has 1 atom stereocenters. The molecule has 0 aliphatic carbocycles. The normalized spacial score (nSPS) is 15.9. The van der Waals surface area contributed by atoms with Gasteiger partial charge in [-0.1, -0.05) is 32.0 Å². The monoisotopic (exact) mass is 396 g/mol. The zero-order valence-corrected chi connectivity index (χ0v) is 16.9. The summed E-state index contributed by atoms with van der Waals surface area (Å²) in [5.41, 5.74) is 1.36. The molecule has 1 unspecified atom stereocenters. The van der Waals surface area contributed by atoms with E-state index in [1.807, 2.05) is 6.07 Å². The molecule has 1 heterocycles. The second kappa shape index (κ2) is 10.1. The topological polar surface area (TPSA) is 76.7 Å². The zero-order chi connectivity index (χ0) is 20.6. The van der Waals surface area contributed by atoms with E-state index in [-0.39, 0.29) is 17.9 Å². The minimum atomic E-state index is -0.292. The first-order valence-corrected chi connectivity index (χ1v) is 10.1. The molecule has 0 radical (unpaired) electrons. The largest absolute Gasteiger partial charge is 0.493 e. The quantitative estimate of drug-likeness (QED) is 0.710. The molecule has 2 aromatic carbocycles. The lowest BCUT2D eigenvalue weighted by Gasteiger charge is -2.14. The number of benzene rings is 2. The van der Waals surface area contributed by atoms with E-state index in [1.165, 1.54) is 0 Å². The number of ether oxygens (including phenoxy) is 2. The molecule has 1 fully saturated rings. The van der Waals surface area contributed by atoms with Gasteiger partial charge in [-0.15, -0.1) is 0 Å². The van der Waals surface area contributed by atoms with E-state index in [1.54, 1.807) is 42.5 Å². The van der Waals surface area contributed by atoms with Crippen molar-refractivity contribution in [1.29, 1.82) is 0 Å². The van der Waals surface area contributed by atoms with Gasteiger partial charge in [0.25, 0.3) is 11.8 Å². The summed E-state index contributed by atoms with van der Waals surface area (Å²) in [6.45, 7) is 5.93. The number of carbonyl (C=O) groups excluding carboxylic acids is 2. The van der Waals surface area contributed by atoms with Crippen LogP contribution in [0.25, 0.3) is 0 Å². The summed E-state index contributed by atoms with van der Waals surface area (Å²) in [5, 5.41) is 5.74. The summed E-state index contributed by atoms with van der Waals surface area (Å²) in [6.07, 6.45) is 2.04. The van der Waals surface area contributed by atoms with Crippen LogP contribution in [0.4, 0.5) is 5.69 Å². The van der Waals surface area contributed by atoms with E-state index in [0.29, 0.717) is 41.6 Å². The van der Waals surface area contributed by atoms with E-state index in [0.717, 1.165) is 19.4 Å². The Hall–Kier alpha value is -2.86. The maximum atomic E-state index is 12.7. The minimum Gasteiger partial charge on any atom is -0.493 e. The molecule has 0 bridgehead atoms. The molecule has 6 heteroatoms. The van der Waals surface area contributed by atoms with E-state index in [2.05, 4.69) is 24.5 Å². The first-order chi connectivity index (χ1) is 14.0. The van der Waals surface area contributed by atoms with Crippen molar-refractivity contribution < 1.29 is 19.1 Å². The minimum absolute atomic E-state index is 0.0642. The van der Waals surface area contributed by atoms with Gasteiger partial charge in [0.2, 0.25) is 0 Å². The fourth-order valence-corrected chi connectivity index (χ4v) is 3.08. The average Bonchev–Trinajstić information content (AvgIpc) is 3.25. The fraction of sp³-hybridized carbons (Fsp3) is 0.391. The number of nitrogens with one attached hydrogen (secondary N) is 2. The van der Waals surface area contributed by atoms with Crippen molar-refractivity contribution in [3.8, 4) is 5.75 Å². The Morgan fingerprint density at radius 1 is 1.14 bits per heavy atom. The Morgan fingerprint density at radius 3 is 2.72 bits per heavy atom. The summed E-state index contributed by atoms with van der Waals surface area (Å²) in [5.74, 6) is 0.520. The number of rotatable bonds is 8. The maximum absolute atomic E-state index is 12.7. The van der Waals surface area contributed by atoms with Crippen LogP contribution in [0.1, 0.15) is 47.4 Å². The first-order valence-electron chi connectivity index (χ1n) is 10.1. The molecule has 3 rings (SSSR count). The van der Waals surface area contributed by atoms with Crippen LogP contribution in [0, 0.1) is 5.92 Å². The third kappa shape index (κ3) is 6.06. The van der Waals surface area contributed by atoms with Crippen molar-refractivity contribution >= 4 is 17.5 Å². The molecule has 1 saturated heterocycles. The van der Waals surface area contributed by atoms with Crippen molar-refractivity contribution in [2.24, 2.45) is 5.92 Å². The van der Waals surface area contributed by atoms with Crippen LogP contribution in [-0.4, -0.2) is 37.7 Å². The number of anilines is 1. The highest BCUT2D eigenvalue weighted by Gasteiger charge is 2.19. The Bertz CT molecular complexity index is 844. The standard InChI is InChI=1S/C23H28N2O4/c1-16(2)15-29-18-8-5-7-17(13-18)22(26)25-21-11-4-3-10-20(21)23(27)24-14-19-9-6-12-28-19/h3-5,7-8,10-11,13,16,19H,6,9,12,14-15H2,1-2H3,(H,24,27)(H,25,26). The van der Waals surface area contributed by atoms with Crippen molar-refractivity contribution in [3.05, 3.63) is 59.7 Å². The van der Waals surface area contributed by atoms with Crippen LogP contribution in [0.15, 0.2) is 48.5 Å². The van der Waals surface area contributed by atoms with Gasteiger partial charge in [0.1, 0.15) is 5.75 Å². The van der Waals surface area contributed by atoms with E-state index < -0.39 is 0 Å². The number of amides is 2. The lowest BCUT2D eigenvalue weighted by molar-refractivity contribution is 0.0858. The molecule has 154 valence electrons. The molecule has 0 saturated carbocycles. The molecule has 2 N–H and O–H groups in total. The van der Waals surface area contributed by atoms with Crippen LogP contribution in [-0.2, 0) is 4.74 Å². The van der Waals surface area contributed by atoms with Crippen molar-refractivity contribution in [2.75, 3.05) is 25.1 Å². The summed E-state index contributed by atoms with van der Waals surface area (Å²) in [7, 11) is 0.